The smallest absolute Gasteiger partial charge is 0.748 e. The van der Waals surface area contributed by atoms with Gasteiger partial charge in [-0.1, -0.05) is 39.5 Å². The second-order valence-corrected chi connectivity index (χ2v) is 6.26. The van der Waals surface area contributed by atoms with Crippen molar-refractivity contribution in [2.45, 2.75) is 76.6 Å². The van der Waals surface area contributed by atoms with E-state index in [1.54, 1.807) is 6.92 Å². The molecule has 0 aromatic rings. The summed E-state index contributed by atoms with van der Waals surface area (Å²) < 4.78 is 32.5. The van der Waals surface area contributed by atoms with Gasteiger partial charge in [0, 0.05) is 5.25 Å². The van der Waals surface area contributed by atoms with Gasteiger partial charge in [0.25, 0.3) is 0 Å². The Morgan fingerprint density at radius 3 is 2.11 bits per heavy atom. The average Bonchev–Trinajstić information content (AvgIpc) is 2.23. The molecule has 2 unspecified atom stereocenters. The van der Waals surface area contributed by atoms with Gasteiger partial charge in [0.1, 0.15) is 0 Å². The monoisotopic (exact) mass is 288 g/mol. The minimum Gasteiger partial charge on any atom is -0.748 e. The predicted molar refractivity (Wildman–Crippen MR) is 67.8 cm³/mol. The van der Waals surface area contributed by atoms with Gasteiger partial charge in [0.15, 0.2) is 0 Å². The van der Waals surface area contributed by atoms with Crippen molar-refractivity contribution in [1.82, 2.24) is 0 Å². The molecule has 0 aliphatic rings. The van der Waals surface area contributed by atoms with Crippen LogP contribution in [0.15, 0.2) is 0 Å². The second kappa shape index (κ2) is 11.7. The van der Waals surface area contributed by atoms with Gasteiger partial charge < -0.3 is 9.66 Å². The van der Waals surface area contributed by atoms with Crippen LogP contribution >= 0.6 is 0 Å². The van der Waals surface area contributed by atoms with Crippen LogP contribution in [-0.4, -0.2) is 29.4 Å². The molecule has 4 nitrogen and oxygen atoms in total. The van der Waals surface area contributed by atoms with Crippen molar-refractivity contribution in [1.29, 1.82) is 0 Å². The van der Waals surface area contributed by atoms with E-state index in [0.29, 0.717) is 19.3 Å². The van der Waals surface area contributed by atoms with Crippen LogP contribution in [0.25, 0.3) is 0 Å². The van der Waals surface area contributed by atoms with Crippen LogP contribution in [0.3, 0.4) is 0 Å². The van der Waals surface area contributed by atoms with Crippen molar-refractivity contribution < 1.29 is 47.6 Å². The molecule has 0 aromatic carbocycles. The molecule has 0 aliphatic carbocycles. The van der Waals surface area contributed by atoms with Crippen LogP contribution in [0.5, 0.6) is 0 Å². The van der Waals surface area contributed by atoms with Gasteiger partial charge in [0.2, 0.25) is 0 Å². The molecule has 0 bridgehead atoms. The van der Waals surface area contributed by atoms with Crippen LogP contribution in [0.2, 0.25) is 0 Å². The zero-order chi connectivity index (χ0) is 13.3. The van der Waals surface area contributed by atoms with Crippen LogP contribution < -0.4 is 29.6 Å². The van der Waals surface area contributed by atoms with Gasteiger partial charge in [-0.25, -0.2) is 8.42 Å². The molecule has 0 saturated carbocycles. The summed E-state index contributed by atoms with van der Waals surface area (Å²) in [6, 6.07) is 0. The second-order valence-electron chi connectivity index (χ2n) is 4.60. The van der Waals surface area contributed by atoms with Crippen molar-refractivity contribution in [3.63, 3.8) is 0 Å². The van der Waals surface area contributed by atoms with Crippen molar-refractivity contribution >= 4 is 10.1 Å². The third-order valence-electron chi connectivity index (χ3n) is 3.08. The Morgan fingerprint density at radius 1 is 1.06 bits per heavy atom. The normalized spacial score (nSPS) is 14.9. The first-order chi connectivity index (χ1) is 7.91. The molecular formula is C12H25NaO4S. The van der Waals surface area contributed by atoms with E-state index in [0.717, 1.165) is 19.3 Å². The summed E-state index contributed by atoms with van der Waals surface area (Å²) >= 11 is 0. The van der Waals surface area contributed by atoms with Crippen LogP contribution in [0.1, 0.15) is 65.2 Å². The molecule has 0 aromatic heterocycles. The molecule has 104 valence electrons. The van der Waals surface area contributed by atoms with Gasteiger partial charge in [-0.2, -0.15) is 0 Å². The Morgan fingerprint density at radius 2 is 1.67 bits per heavy atom. The summed E-state index contributed by atoms with van der Waals surface area (Å²) in [5.74, 6) is 0. The number of aliphatic hydroxyl groups excluding tert-OH is 1. The zero-order valence-corrected chi connectivity index (χ0v) is 14.7. The Bertz CT molecular complexity index is 280. The van der Waals surface area contributed by atoms with Gasteiger partial charge in [-0.05, 0) is 25.7 Å². The molecule has 0 spiro atoms. The first-order valence-corrected chi connectivity index (χ1v) is 8.01. The first kappa shape index (κ1) is 21.2. The van der Waals surface area contributed by atoms with Crippen molar-refractivity contribution in [2.24, 2.45) is 0 Å². The van der Waals surface area contributed by atoms with E-state index in [2.05, 4.69) is 6.92 Å². The predicted octanol–water partition coefficient (Wildman–Crippen LogP) is -0.574. The Labute approximate surface area is 134 Å². The van der Waals surface area contributed by atoms with Gasteiger partial charge in [-0.3, -0.25) is 0 Å². The molecule has 18 heavy (non-hydrogen) atoms. The molecule has 0 fully saturated rings. The summed E-state index contributed by atoms with van der Waals surface area (Å²) in [5.41, 5.74) is 0. The standard InChI is InChI=1S/C12H26O4S.Na/c1-3-5-6-7-8-11(13)9-10-12(4-2)17(14,15)16;/h11-13H,3-10H2,1-2H3,(H,14,15,16);/q;+1/p-1. The van der Waals surface area contributed by atoms with Crippen molar-refractivity contribution in [2.75, 3.05) is 0 Å². The van der Waals surface area contributed by atoms with E-state index in [9.17, 15) is 18.1 Å². The Balaban J connectivity index is 0. The number of rotatable bonds is 10. The maximum atomic E-state index is 10.8. The summed E-state index contributed by atoms with van der Waals surface area (Å²) in [5, 5.41) is 8.82. The minimum atomic E-state index is -4.20. The molecule has 6 heteroatoms. The molecule has 2 atom stereocenters. The summed E-state index contributed by atoms with van der Waals surface area (Å²) in [6.07, 6.45) is 5.64. The molecule has 0 heterocycles. The van der Waals surface area contributed by atoms with E-state index >= 15 is 0 Å². The number of hydrogen-bond acceptors (Lipinski definition) is 4. The van der Waals surface area contributed by atoms with Crippen molar-refractivity contribution in [3.8, 4) is 0 Å². The van der Waals surface area contributed by atoms with Crippen LogP contribution in [0, 0.1) is 0 Å². The van der Waals surface area contributed by atoms with E-state index in [-0.39, 0.29) is 36.0 Å². The van der Waals surface area contributed by atoms with E-state index in [1.807, 2.05) is 0 Å². The minimum absolute atomic E-state index is 0. The molecule has 0 aliphatic heterocycles. The Hall–Kier alpha value is 0.870. The summed E-state index contributed by atoms with van der Waals surface area (Å²) in [4.78, 5) is 0. The quantitative estimate of drug-likeness (QED) is 0.332. The largest absolute Gasteiger partial charge is 1.00 e. The van der Waals surface area contributed by atoms with Crippen LogP contribution in [-0.2, 0) is 10.1 Å². The molecule has 0 rings (SSSR count). The SMILES string of the molecule is CCCCCCC(O)CCC(CC)S(=O)(=O)[O-].[Na+]. The first-order valence-electron chi connectivity index (χ1n) is 6.54. The molecule has 0 saturated heterocycles. The number of aliphatic hydroxyl groups is 1. The fraction of sp³-hybridized carbons (Fsp3) is 1.00. The molecule has 0 amide bonds. The Kier molecular flexibility index (Phi) is 13.7. The molecular weight excluding hydrogens is 263 g/mol. The van der Waals surface area contributed by atoms with Crippen molar-refractivity contribution in [3.05, 3.63) is 0 Å². The summed E-state index contributed by atoms with van der Waals surface area (Å²) in [6.45, 7) is 3.81. The fourth-order valence-corrected chi connectivity index (χ4v) is 2.71. The van der Waals surface area contributed by atoms with Crippen LogP contribution in [0.4, 0.5) is 0 Å². The third-order valence-corrected chi connectivity index (χ3v) is 4.46. The number of hydrogen-bond donors (Lipinski definition) is 1. The van der Waals surface area contributed by atoms with E-state index in [4.69, 9.17) is 0 Å². The number of unbranched alkanes of at least 4 members (excludes halogenated alkanes) is 3. The topological polar surface area (TPSA) is 77.4 Å². The maximum Gasteiger partial charge on any atom is 1.00 e. The average molecular weight is 288 g/mol. The third kappa shape index (κ3) is 10.8. The van der Waals surface area contributed by atoms with Gasteiger partial charge >= 0.3 is 29.6 Å². The fourth-order valence-electron chi connectivity index (χ4n) is 1.88. The maximum absolute atomic E-state index is 10.8. The van der Waals surface area contributed by atoms with E-state index in [1.165, 1.54) is 6.42 Å². The van der Waals surface area contributed by atoms with Gasteiger partial charge in [-0.15, -0.1) is 0 Å². The van der Waals surface area contributed by atoms with E-state index < -0.39 is 21.5 Å². The summed E-state index contributed by atoms with van der Waals surface area (Å²) in [7, 11) is -4.20. The molecule has 0 radical (unpaired) electrons. The van der Waals surface area contributed by atoms with Gasteiger partial charge in [0.05, 0.1) is 16.2 Å². The molecule has 1 N–H and O–H groups in total. The zero-order valence-electron chi connectivity index (χ0n) is 11.9.